The number of benzene rings is 1. The van der Waals surface area contributed by atoms with Crippen LogP contribution in [-0.4, -0.2) is 10.8 Å². The molecule has 0 aliphatic carbocycles. The van der Waals surface area contributed by atoms with Crippen LogP contribution in [0, 0.1) is 4.91 Å². The Kier molecular flexibility index (Phi) is 2.19. The van der Waals surface area contributed by atoms with Crippen LogP contribution in [-0.2, 0) is 4.84 Å². The molecule has 13 heavy (non-hydrogen) atoms. The van der Waals surface area contributed by atoms with Crippen molar-refractivity contribution in [3.63, 3.8) is 0 Å². The molecule has 0 aromatic heterocycles. The summed E-state index contributed by atoms with van der Waals surface area (Å²) in [6.45, 7) is 0. The first-order valence-electron chi connectivity index (χ1n) is 4.12. The zero-order chi connectivity index (χ0) is 9.26. The average Bonchev–Trinajstić information content (AvgIpc) is 2.46. The summed E-state index contributed by atoms with van der Waals surface area (Å²) in [5.41, 5.74) is 1.52. The summed E-state index contributed by atoms with van der Waals surface area (Å²) in [5, 5.41) is 0. The van der Waals surface area contributed by atoms with Crippen LogP contribution < -0.4 is 0 Å². The van der Waals surface area contributed by atoms with Crippen LogP contribution >= 0.6 is 11.6 Å². The van der Waals surface area contributed by atoms with E-state index >= 15 is 0 Å². The summed E-state index contributed by atoms with van der Waals surface area (Å²) in [5.74, 6) is 0.493. The Morgan fingerprint density at radius 2 is 2.23 bits per heavy atom. The number of nitrogens with zero attached hydrogens (tertiary/aromatic N) is 1. The maximum Gasteiger partial charge on any atom is 0.323 e. The van der Waals surface area contributed by atoms with Crippen LogP contribution in [0.15, 0.2) is 24.3 Å². The second-order valence-corrected chi connectivity index (χ2v) is 3.27. The summed E-state index contributed by atoms with van der Waals surface area (Å²) < 4.78 is 0. The zero-order valence-corrected chi connectivity index (χ0v) is 7.70. The molecular formula is C9H9ClNO2+. The van der Waals surface area contributed by atoms with Crippen LogP contribution in [0.3, 0.4) is 0 Å². The molecule has 0 spiro atoms. The van der Waals surface area contributed by atoms with E-state index in [2.05, 4.69) is 0 Å². The normalized spacial score (nSPS) is 19.8. The predicted octanol–water partition coefficient (Wildman–Crippen LogP) is 2.71. The van der Waals surface area contributed by atoms with Crippen LogP contribution in [0.2, 0.25) is 0 Å². The molecule has 1 unspecified atom stereocenters. The molecule has 0 saturated carbocycles. The number of halogens is 1. The lowest BCUT2D eigenvalue weighted by atomic mass is 10.1. The van der Waals surface area contributed by atoms with Crippen LogP contribution in [0.1, 0.15) is 18.1 Å². The molecule has 1 heterocycles. The molecule has 3 nitrogen and oxygen atoms in total. The van der Waals surface area contributed by atoms with Gasteiger partial charge in [0.1, 0.15) is 0 Å². The van der Waals surface area contributed by atoms with E-state index in [4.69, 9.17) is 16.4 Å². The van der Waals surface area contributed by atoms with Gasteiger partial charge in [-0.05, 0) is 6.07 Å². The highest BCUT2D eigenvalue weighted by Crippen LogP contribution is 2.37. The number of hydrogen-bond acceptors (Lipinski definition) is 2. The lowest BCUT2D eigenvalue weighted by Gasteiger charge is -1.98. The fraction of sp³-hybridized carbons (Fsp3) is 0.333. The highest BCUT2D eigenvalue weighted by atomic mass is 35.5. The Bertz CT molecular complexity index is 340. The monoisotopic (exact) mass is 198 g/mol. The van der Waals surface area contributed by atoms with Crippen molar-refractivity contribution in [1.82, 2.24) is 0 Å². The molecule has 0 fully saturated rings. The van der Waals surface area contributed by atoms with Crippen molar-refractivity contribution in [2.45, 2.75) is 12.5 Å². The summed E-state index contributed by atoms with van der Waals surface area (Å²) in [7, 11) is 0. The van der Waals surface area contributed by atoms with E-state index in [0.29, 0.717) is 22.9 Å². The van der Waals surface area contributed by atoms with Gasteiger partial charge in [0.2, 0.25) is 6.10 Å². The Balaban J connectivity index is 2.36. The number of rotatable bonds is 2. The van der Waals surface area contributed by atoms with E-state index in [9.17, 15) is 4.91 Å². The Hall–Kier alpha value is -1.09. The topological polar surface area (TPSA) is 29.3 Å². The van der Waals surface area contributed by atoms with Gasteiger partial charge >= 0.3 is 5.69 Å². The smallest absolute Gasteiger partial charge is 0.218 e. The van der Waals surface area contributed by atoms with Crippen LogP contribution in [0.4, 0.5) is 5.69 Å². The first-order valence-corrected chi connectivity index (χ1v) is 4.65. The SMILES string of the molecule is O=[N+]1OC(CCCl)c2ccccc21. The second kappa shape index (κ2) is 3.34. The number of para-hydroxylation sites is 1. The van der Waals surface area contributed by atoms with Gasteiger partial charge in [-0.25, -0.2) is 4.84 Å². The van der Waals surface area contributed by atoms with Crippen molar-refractivity contribution >= 4 is 17.3 Å². The molecule has 1 aliphatic heterocycles. The van der Waals surface area contributed by atoms with Gasteiger partial charge in [0.05, 0.1) is 10.5 Å². The molecule has 1 atom stereocenters. The van der Waals surface area contributed by atoms with Crippen molar-refractivity contribution in [2.75, 3.05) is 5.88 Å². The van der Waals surface area contributed by atoms with Crippen molar-refractivity contribution in [1.29, 1.82) is 0 Å². The first-order chi connectivity index (χ1) is 6.33. The third kappa shape index (κ3) is 1.40. The molecule has 0 saturated heterocycles. The van der Waals surface area contributed by atoms with E-state index in [1.165, 1.54) is 0 Å². The minimum atomic E-state index is -0.175. The van der Waals surface area contributed by atoms with Gasteiger partial charge in [-0.1, -0.05) is 12.1 Å². The molecule has 1 aromatic rings. The summed E-state index contributed by atoms with van der Waals surface area (Å²) >= 11 is 5.60. The molecule has 0 bridgehead atoms. The van der Waals surface area contributed by atoms with Gasteiger partial charge in [0.25, 0.3) is 4.92 Å². The Labute approximate surface area is 80.8 Å². The van der Waals surface area contributed by atoms with Gasteiger partial charge in [0, 0.05) is 18.4 Å². The molecule has 4 heteroatoms. The number of alkyl halides is 1. The van der Waals surface area contributed by atoms with E-state index < -0.39 is 0 Å². The van der Waals surface area contributed by atoms with Gasteiger partial charge in [0.15, 0.2) is 0 Å². The van der Waals surface area contributed by atoms with E-state index in [0.717, 1.165) is 5.56 Å². The van der Waals surface area contributed by atoms with E-state index in [-0.39, 0.29) is 6.10 Å². The fourth-order valence-electron chi connectivity index (χ4n) is 1.46. The third-order valence-corrected chi connectivity index (χ3v) is 2.29. The van der Waals surface area contributed by atoms with Gasteiger partial charge in [-0.2, -0.15) is 0 Å². The van der Waals surface area contributed by atoms with Gasteiger partial charge < -0.3 is 0 Å². The largest absolute Gasteiger partial charge is 0.323 e. The van der Waals surface area contributed by atoms with E-state index in [1.807, 2.05) is 18.2 Å². The third-order valence-electron chi connectivity index (χ3n) is 2.07. The van der Waals surface area contributed by atoms with Crippen molar-refractivity contribution < 1.29 is 9.76 Å². The van der Waals surface area contributed by atoms with Crippen LogP contribution in [0.25, 0.3) is 0 Å². The molecule has 1 aromatic carbocycles. The minimum Gasteiger partial charge on any atom is -0.218 e. The highest BCUT2D eigenvalue weighted by Gasteiger charge is 2.38. The molecule has 2 rings (SSSR count). The van der Waals surface area contributed by atoms with Crippen LogP contribution in [0.5, 0.6) is 0 Å². The lowest BCUT2D eigenvalue weighted by Crippen LogP contribution is -1.99. The number of fused-ring (bicyclic) bond motifs is 1. The van der Waals surface area contributed by atoms with Gasteiger partial charge in [-0.3, -0.25) is 0 Å². The molecule has 0 N–H and O–H groups in total. The maximum atomic E-state index is 11.2. The van der Waals surface area contributed by atoms with Crippen molar-refractivity contribution in [3.8, 4) is 0 Å². The molecule has 1 aliphatic rings. The van der Waals surface area contributed by atoms with Gasteiger partial charge in [-0.15, -0.1) is 11.6 Å². The molecular weight excluding hydrogens is 190 g/mol. The number of hydrogen-bond donors (Lipinski definition) is 0. The second-order valence-electron chi connectivity index (χ2n) is 2.89. The highest BCUT2D eigenvalue weighted by molar-refractivity contribution is 6.17. The predicted molar refractivity (Wildman–Crippen MR) is 48.9 cm³/mol. The summed E-state index contributed by atoms with van der Waals surface area (Å²) in [6, 6.07) is 7.35. The Morgan fingerprint density at radius 1 is 1.46 bits per heavy atom. The van der Waals surface area contributed by atoms with Crippen molar-refractivity contribution in [2.24, 2.45) is 0 Å². The van der Waals surface area contributed by atoms with Crippen molar-refractivity contribution in [3.05, 3.63) is 34.7 Å². The fourth-order valence-corrected chi connectivity index (χ4v) is 1.66. The molecule has 68 valence electrons. The first kappa shape index (κ1) is 8.51. The molecule has 0 radical (unpaired) electrons. The standard InChI is InChI=1S/C9H9ClNO2/c10-6-5-9-7-3-1-2-4-8(7)11(12)13-9/h1-4,9H,5-6H2/q+1. The zero-order valence-electron chi connectivity index (χ0n) is 6.94. The lowest BCUT2D eigenvalue weighted by molar-refractivity contribution is -0.745. The maximum absolute atomic E-state index is 11.2. The minimum absolute atomic E-state index is 0.175. The quantitative estimate of drug-likeness (QED) is 0.684. The molecule has 0 amide bonds. The summed E-state index contributed by atoms with van der Waals surface area (Å²) in [6.07, 6.45) is 0.489. The average molecular weight is 199 g/mol. The Morgan fingerprint density at radius 3 is 3.00 bits per heavy atom. The summed E-state index contributed by atoms with van der Waals surface area (Å²) in [4.78, 5) is 16.8. The van der Waals surface area contributed by atoms with E-state index in [1.54, 1.807) is 6.07 Å².